The topological polar surface area (TPSA) is 123 Å². The van der Waals surface area contributed by atoms with Gasteiger partial charge in [0.2, 0.25) is 0 Å². The molecule has 2 bridgehead atoms. The van der Waals surface area contributed by atoms with Gasteiger partial charge in [0.15, 0.2) is 11.4 Å². The number of likely N-dealkylation sites (tertiary alicyclic amines) is 1. The van der Waals surface area contributed by atoms with E-state index < -0.39 is 0 Å². The van der Waals surface area contributed by atoms with Crippen molar-refractivity contribution in [1.82, 2.24) is 40.2 Å². The minimum absolute atomic E-state index is 0.207. The highest BCUT2D eigenvalue weighted by molar-refractivity contribution is 5.95. The van der Waals surface area contributed by atoms with Crippen molar-refractivity contribution in [2.45, 2.75) is 38.8 Å². The summed E-state index contributed by atoms with van der Waals surface area (Å²) in [4.78, 5) is 27.1. The molecule has 3 aromatic rings. The maximum atomic E-state index is 13.0. The van der Waals surface area contributed by atoms with Gasteiger partial charge in [-0.15, -0.1) is 5.10 Å². The quantitative estimate of drug-likeness (QED) is 0.602. The second-order valence-electron chi connectivity index (χ2n) is 7.81. The van der Waals surface area contributed by atoms with Gasteiger partial charge in [-0.3, -0.25) is 9.69 Å². The number of aromatic nitrogens is 6. The van der Waals surface area contributed by atoms with Crippen LogP contribution in [0.15, 0.2) is 30.7 Å². The monoisotopic (exact) mass is 424 g/mol. The zero-order valence-corrected chi connectivity index (χ0v) is 17.2. The number of imidazole rings is 1. The Bertz CT molecular complexity index is 1060. The number of nitrogens with one attached hydrogen (secondary N) is 2. The molecule has 2 atom stereocenters. The summed E-state index contributed by atoms with van der Waals surface area (Å²) in [5.41, 5.74) is 2.02. The van der Waals surface area contributed by atoms with Crippen molar-refractivity contribution in [3.8, 4) is 5.75 Å². The smallest absolute Gasteiger partial charge is 0.274 e. The van der Waals surface area contributed by atoms with Gasteiger partial charge >= 0.3 is 0 Å². The van der Waals surface area contributed by atoms with Crippen LogP contribution in [-0.4, -0.2) is 72.6 Å². The average Bonchev–Trinajstić information content (AvgIpc) is 3.47. The molecule has 11 nitrogen and oxygen atoms in total. The van der Waals surface area contributed by atoms with E-state index in [0.717, 1.165) is 17.2 Å². The Kier molecular flexibility index (Phi) is 5.35. The molecule has 162 valence electrons. The molecule has 0 spiro atoms. The Morgan fingerprint density at radius 3 is 3.10 bits per heavy atom. The number of aryl methyl sites for hydroxylation is 1. The summed E-state index contributed by atoms with van der Waals surface area (Å²) in [7, 11) is 0. The van der Waals surface area contributed by atoms with Gasteiger partial charge in [-0.25, -0.2) is 14.6 Å². The van der Waals surface area contributed by atoms with Crippen LogP contribution in [0.2, 0.25) is 0 Å². The molecule has 1 amide bonds. The van der Waals surface area contributed by atoms with E-state index in [2.05, 4.69) is 35.5 Å². The molecule has 0 radical (unpaired) electrons. The lowest BCUT2D eigenvalue weighted by molar-refractivity contribution is 0.0291. The van der Waals surface area contributed by atoms with Gasteiger partial charge in [0.25, 0.3) is 5.91 Å². The molecule has 2 N–H and O–H groups in total. The number of rotatable bonds is 2. The molecule has 0 saturated carbocycles. The van der Waals surface area contributed by atoms with E-state index in [1.54, 1.807) is 23.0 Å². The third kappa shape index (κ3) is 4.42. The molecule has 2 aliphatic heterocycles. The number of carbonyl (C=O) groups is 1. The second-order valence-corrected chi connectivity index (χ2v) is 7.81. The zero-order chi connectivity index (χ0) is 21.2. The summed E-state index contributed by atoms with van der Waals surface area (Å²) in [6.45, 7) is 5.08. The normalized spacial score (nSPS) is 22.2. The predicted octanol–water partition coefficient (Wildman–Crippen LogP) is 0.297. The number of hydrogen-bond donors (Lipinski definition) is 2. The maximum absolute atomic E-state index is 13.0. The Labute approximate surface area is 178 Å². The van der Waals surface area contributed by atoms with Crippen LogP contribution in [0.25, 0.3) is 0 Å². The molecule has 31 heavy (non-hydrogen) atoms. The molecule has 0 aliphatic carbocycles. The van der Waals surface area contributed by atoms with Crippen LogP contribution in [0.4, 0.5) is 0 Å². The number of fused-ring (bicyclic) bond motifs is 4. The third-order valence-corrected chi connectivity index (χ3v) is 5.38. The molecule has 2 aliphatic rings. The number of H-pyrrole nitrogens is 1. The molecular weight excluding hydrogens is 400 g/mol. The Balaban J connectivity index is 1.39. The van der Waals surface area contributed by atoms with E-state index in [0.29, 0.717) is 45.1 Å². The van der Waals surface area contributed by atoms with Crippen LogP contribution < -0.4 is 10.1 Å². The van der Waals surface area contributed by atoms with Crippen molar-refractivity contribution in [2.24, 2.45) is 0 Å². The van der Waals surface area contributed by atoms with Crippen LogP contribution in [0, 0.1) is 6.92 Å². The van der Waals surface area contributed by atoms with Crippen molar-refractivity contribution in [2.75, 3.05) is 19.7 Å². The van der Waals surface area contributed by atoms with Crippen molar-refractivity contribution < 1.29 is 14.3 Å². The number of amides is 1. The van der Waals surface area contributed by atoms with Crippen molar-refractivity contribution in [1.29, 1.82) is 0 Å². The molecule has 1 fully saturated rings. The fourth-order valence-electron chi connectivity index (χ4n) is 3.92. The molecule has 3 aromatic heterocycles. The van der Waals surface area contributed by atoms with Crippen LogP contribution in [0.3, 0.4) is 0 Å². The van der Waals surface area contributed by atoms with Gasteiger partial charge < -0.3 is 19.8 Å². The van der Waals surface area contributed by atoms with E-state index in [-0.39, 0.29) is 23.7 Å². The summed E-state index contributed by atoms with van der Waals surface area (Å²) in [6, 6.07) is 3.28. The van der Waals surface area contributed by atoms with Crippen LogP contribution >= 0.6 is 0 Å². The van der Waals surface area contributed by atoms with Crippen molar-refractivity contribution >= 4 is 5.91 Å². The summed E-state index contributed by atoms with van der Waals surface area (Å²) >= 11 is 0. The van der Waals surface area contributed by atoms with E-state index >= 15 is 0 Å². The largest absolute Gasteiger partial charge is 0.489 e. The number of ether oxygens (including phenoxy) is 2. The molecule has 0 aromatic carbocycles. The predicted molar refractivity (Wildman–Crippen MR) is 108 cm³/mol. The van der Waals surface area contributed by atoms with E-state index in [1.807, 2.05) is 19.3 Å². The number of hydrogen-bond acceptors (Lipinski definition) is 8. The highest BCUT2D eigenvalue weighted by atomic mass is 16.5. The second kappa shape index (κ2) is 8.44. The summed E-state index contributed by atoms with van der Waals surface area (Å²) in [5.74, 6) is 1.05. The first-order chi connectivity index (χ1) is 15.1. The minimum atomic E-state index is -0.279. The lowest BCUT2D eigenvalue weighted by Crippen LogP contribution is -2.44. The van der Waals surface area contributed by atoms with Crippen LogP contribution in [-0.2, 0) is 24.4 Å². The van der Waals surface area contributed by atoms with Gasteiger partial charge in [0.05, 0.1) is 38.0 Å². The lowest BCUT2D eigenvalue weighted by Gasteiger charge is -2.20. The molecule has 11 heteroatoms. The first kappa shape index (κ1) is 19.6. The SMILES string of the molecule is Cc1cnc(CN2C[C@@H]3NC(=O)c4ncccc4OCCn4cc(nn4)CO[C@H]3C2)[nH]1. The van der Waals surface area contributed by atoms with Gasteiger partial charge in [-0.1, -0.05) is 5.21 Å². The molecule has 0 unspecified atom stereocenters. The molecule has 1 saturated heterocycles. The lowest BCUT2D eigenvalue weighted by atomic mass is 10.2. The minimum Gasteiger partial charge on any atom is -0.489 e. The number of nitrogens with zero attached hydrogens (tertiary/aromatic N) is 6. The van der Waals surface area contributed by atoms with Crippen LogP contribution in [0.5, 0.6) is 5.75 Å². The summed E-state index contributed by atoms with van der Waals surface area (Å²) in [6.07, 6.45) is 5.04. The molecule has 5 rings (SSSR count). The number of carbonyl (C=O) groups excluding carboxylic acids is 1. The van der Waals surface area contributed by atoms with E-state index in [4.69, 9.17) is 9.47 Å². The summed E-state index contributed by atoms with van der Waals surface area (Å²) in [5, 5.41) is 11.4. The Morgan fingerprint density at radius 1 is 1.29 bits per heavy atom. The fraction of sp³-hybridized carbons (Fsp3) is 0.450. The van der Waals surface area contributed by atoms with E-state index in [9.17, 15) is 4.79 Å². The van der Waals surface area contributed by atoms with Crippen molar-refractivity contribution in [3.63, 3.8) is 0 Å². The van der Waals surface area contributed by atoms with E-state index in [1.165, 1.54) is 0 Å². The van der Waals surface area contributed by atoms with Gasteiger partial charge in [0.1, 0.15) is 18.1 Å². The standard InChI is InChI=1S/C20H24N8O3/c1-13-7-22-18(23-13)11-27-9-15-17(10-27)31-12-14-8-28(26-25-14)5-6-30-16-3-2-4-21-19(16)20(29)24-15/h2-4,7-8,15,17H,5-6,9-12H2,1H3,(H,22,23)(H,24,29)/t15-,17-/m0/s1. The Hall–Kier alpha value is -3.31. The van der Waals surface area contributed by atoms with Crippen LogP contribution in [0.1, 0.15) is 27.7 Å². The third-order valence-electron chi connectivity index (χ3n) is 5.38. The zero-order valence-electron chi connectivity index (χ0n) is 17.2. The fourth-order valence-corrected chi connectivity index (χ4v) is 3.92. The summed E-state index contributed by atoms with van der Waals surface area (Å²) < 4.78 is 13.7. The first-order valence-electron chi connectivity index (χ1n) is 10.3. The highest BCUT2D eigenvalue weighted by Crippen LogP contribution is 2.20. The first-order valence-corrected chi connectivity index (χ1v) is 10.3. The molecule has 5 heterocycles. The number of pyridine rings is 1. The van der Waals surface area contributed by atoms with Gasteiger partial charge in [0, 0.05) is 31.2 Å². The molecular formula is C20H24N8O3. The average molecular weight is 424 g/mol. The highest BCUT2D eigenvalue weighted by Gasteiger charge is 2.36. The van der Waals surface area contributed by atoms with Gasteiger partial charge in [-0.2, -0.15) is 0 Å². The Morgan fingerprint density at radius 2 is 2.23 bits per heavy atom. The maximum Gasteiger partial charge on any atom is 0.274 e. The van der Waals surface area contributed by atoms with Gasteiger partial charge in [-0.05, 0) is 19.1 Å². The number of aromatic amines is 1. The van der Waals surface area contributed by atoms with Crippen molar-refractivity contribution in [3.05, 3.63) is 53.6 Å².